The second-order valence-electron chi connectivity index (χ2n) is 7.39. The highest BCUT2D eigenvalue weighted by molar-refractivity contribution is 6.30. The van der Waals surface area contributed by atoms with Crippen molar-refractivity contribution in [3.05, 3.63) is 91.8 Å². The Morgan fingerprint density at radius 3 is 2.45 bits per heavy atom. The summed E-state index contributed by atoms with van der Waals surface area (Å²) in [5.74, 6) is 0. The maximum atomic E-state index is 13.4. The second-order valence-corrected chi connectivity index (χ2v) is 7.83. The van der Waals surface area contributed by atoms with Gasteiger partial charge in [-0.1, -0.05) is 47.5 Å². The van der Waals surface area contributed by atoms with Gasteiger partial charge < -0.3 is 4.57 Å². The minimum Gasteiger partial charge on any atom is -0.322 e. The van der Waals surface area contributed by atoms with E-state index in [1.54, 1.807) is 35.2 Å². The Labute approximate surface area is 172 Å². The van der Waals surface area contributed by atoms with E-state index in [4.69, 9.17) is 11.6 Å². The molecule has 0 saturated heterocycles. The lowest BCUT2D eigenvalue weighted by molar-refractivity contribution is 0.608. The molecule has 0 spiro atoms. The van der Waals surface area contributed by atoms with E-state index in [2.05, 4.69) is 4.98 Å². The third kappa shape index (κ3) is 3.40. The van der Waals surface area contributed by atoms with Crippen LogP contribution < -0.4 is 11.2 Å². The van der Waals surface area contributed by atoms with Crippen molar-refractivity contribution in [2.45, 2.75) is 33.4 Å². The van der Waals surface area contributed by atoms with E-state index in [1.807, 2.05) is 45.0 Å². The quantitative estimate of drug-likeness (QED) is 0.513. The number of imidazole rings is 1. The van der Waals surface area contributed by atoms with Crippen LogP contribution in [-0.2, 0) is 6.54 Å². The lowest BCUT2D eigenvalue weighted by Gasteiger charge is -2.14. The third-order valence-corrected chi connectivity index (χ3v) is 5.18. The Morgan fingerprint density at radius 2 is 1.79 bits per heavy atom. The molecular weight excluding hydrogens is 388 g/mol. The van der Waals surface area contributed by atoms with Gasteiger partial charge in [0.15, 0.2) is 11.2 Å². The van der Waals surface area contributed by atoms with Crippen molar-refractivity contribution in [1.82, 2.24) is 18.7 Å². The zero-order valence-electron chi connectivity index (χ0n) is 16.5. The molecular formula is C22H21ClN4O2. The number of hydrogen-bond acceptors (Lipinski definition) is 3. The van der Waals surface area contributed by atoms with Gasteiger partial charge in [0.2, 0.25) is 0 Å². The predicted octanol–water partition coefficient (Wildman–Crippen LogP) is 3.94. The van der Waals surface area contributed by atoms with Crippen LogP contribution in [0.2, 0.25) is 5.02 Å². The van der Waals surface area contributed by atoms with E-state index in [-0.39, 0.29) is 18.1 Å². The lowest BCUT2D eigenvalue weighted by Crippen LogP contribution is -2.40. The first kappa shape index (κ1) is 19.2. The number of benzene rings is 2. The molecule has 6 nitrogen and oxygen atoms in total. The Kier molecular flexibility index (Phi) is 4.88. The molecule has 148 valence electrons. The van der Waals surface area contributed by atoms with Gasteiger partial charge in [0.1, 0.15) is 0 Å². The van der Waals surface area contributed by atoms with Gasteiger partial charge in [-0.05, 0) is 44.5 Å². The molecule has 0 aliphatic rings. The smallest absolute Gasteiger partial charge is 0.322 e. The first-order valence-corrected chi connectivity index (χ1v) is 9.78. The molecule has 0 amide bonds. The fraction of sp³-hybridized carbons (Fsp3) is 0.227. The van der Waals surface area contributed by atoms with Crippen LogP contribution in [0.5, 0.6) is 0 Å². The summed E-state index contributed by atoms with van der Waals surface area (Å²) >= 11 is 6.16. The highest BCUT2D eigenvalue weighted by Gasteiger charge is 2.20. The summed E-state index contributed by atoms with van der Waals surface area (Å²) in [5, 5.41) is 0.502. The summed E-state index contributed by atoms with van der Waals surface area (Å²) in [7, 11) is 0. The van der Waals surface area contributed by atoms with Crippen LogP contribution in [0.25, 0.3) is 16.9 Å². The van der Waals surface area contributed by atoms with Crippen molar-refractivity contribution in [3.8, 4) is 5.69 Å². The molecule has 0 aliphatic carbocycles. The van der Waals surface area contributed by atoms with Gasteiger partial charge in [0.25, 0.3) is 5.56 Å². The van der Waals surface area contributed by atoms with Crippen molar-refractivity contribution >= 4 is 22.8 Å². The van der Waals surface area contributed by atoms with Crippen LogP contribution in [0.4, 0.5) is 0 Å². The van der Waals surface area contributed by atoms with Crippen LogP contribution >= 0.6 is 11.6 Å². The topological polar surface area (TPSA) is 61.8 Å². The monoisotopic (exact) mass is 408 g/mol. The largest absolute Gasteiger partial charge is 0.337 e. The summed E-state index contributed by atoms with van der Waals surface area (Å²) in [4.78, 5) is 31.1. The Balaban J connectivity index is 2.05. The maximum Gasteiger partial charge on any atom is 0.337 e. The fourth-order valence-electron chi connectivity index (χ4n) is 3.40. The fourth-order valence-corrected chi connectivity index (χ4v) is 3.59. The zero-order valence-corrected chi connectivity index (χ0v) is 17.2. The molecule has 0 unspecified atom stereocenters. The molecule has 0 radical (unpaired) electrons. The molecule has 0 saturated carbocycles. The SMILES string of the molecule is Cc1ccc(Cn2c(=O)c3c(ncn3C(C)C)n(-c3cccc(Cl)c3)c2=O)cc1. The van der Waals surface area contributed by atoms with E-state index >= 15 is 0 Å². The van der Waals surface area contributed by atoms with Crippen molar-refractivity contribution in [2.75, 3.05) is 0 Å². The summed E-state index contributed by atoms with van der Waals surface area (Å²) in [5.41, 5.74) is 2.49. The molecule has 2 heterocycles. The van der Waals surface area contributed by atoms with Crippen LogP contribution in [-0.4, -0.2) is 18.7 Å². The average Bonchev–Trinajstić information content (AvgIpc) is 3.12. The minimum absolute atomic E-state index is 0.0193. The number of aromatic nitrogens is 4. The summed E-state index contributed by atoms with van der Waals surface area (Å²) < 4.78 is 4.51. The highest BCUT2D eigenvalue weighted by atomic mass is 35.5. The number of rotatable bonds is 4. The van der Waals surface area contributed by atoms with E-state index in [9.17, 15) is 9.59 Å². The summed E-state index contributed by atoms with van der Waals surface area (Å²) in [6, 6.07) is 14.8. The Hall–Kier alpha value is -3.12. The minimum atomic E-state index is -0.445. The van der Waals surface area contributed by atoms with Gasteiger partial charge in [-0.15, -0.1) is 0 Å². The maximum absolute atomic E-state index is 13.4. The average molecular weight is 409 g/mol. The Bertz CT molecular complexity index is 1310. The van der Waals surface area contributed by atoms with E-state index in [0.717, 1.165) is 11.1 Å². The molecule has 2 aromatic heterocycles. The molecule has 0 N–H and O–H groups in total. The molecule has 4 rings (SSSR count). The highest BCUT2D eigenvalue weighted by Crippen LogP contribution is 2.19. The van der Waals surface area contributed by atoms with Crippen molar-refractivity contribution < 1.29 is 0 Å². The molecule has 0 bridgehead atoms. The molecule has 0 aliphatic heterocycles. The number of hydrogen-bond donors (Lipinski definition) is 0. The summed E-state index contributed by atoms with van der Waals surface area (Å²) in [6.07, 6.45) is 1.60. The number of nitrogens with zero attached hydrogens (tertiary/aromatic N) is 4. The van der Waals surface area contributed by atoms with E-state index in [1.165, 1.54) is 9.13 Å². The lowest BCUT2D eigenvalue weighted by atomic mass is 10.1. The van der Waals surface area contributed by atoms with Crippen LogP contribution in [0.15, 0.2) is 64.4 Å². The summed E-state index contributed by atoms with van der Waals surface area (Å²) in [6.45, 7) is 6.12. The molecule has 2 aromatic carbocycles. The number of halogens is 1. The van der Waals surface area contributed by atoms with E-state index < -0.39 is 5.69 Å². The Morgan fingerprint density at radius 1 is 1.07 bits per heavy atom. The van der Waals surface area contributed by atoms with Gasteiger partial charge in [-0.3, -0.25) is 9.36 Å². The first-order chi connectivity index (χ1) is 13.9. The van der Waals surface area contributed by atoms with Gasteiger partial charge in [0.05, 0.1) is 18.6 Å². The zero-order chi connectivity index (χ0) is 20.7. The molecule has 0 atom stereocenters. The molecule has 29 heavy (non-hydrogen) atoms. The number of aryl methyl sites for hydroxylation is 1. The predicted molar refractivity (Wildman–Crippen MR) is 115 cm³/mol. The van der Waals surface area contributed by atoms with Crippen molar-refractivity contribution in [2.24, 2.45) is 0 Å². The van der Waals surface area contributed by atoms with Crippen LogP contribution in [0.3, 0.4) is 0 Å². The van der Waals surface area contributed by atoms with Crippen molar-refractivity contribution in [3.63, 3.8) is 0 Å². The third-order valence-electron chi connectivity index (χ3n) is 4.94. The van der Waals surface area contributed by atoms with Crippen molar-refractivity contribution in [1.29, 1.82) is 0 Å². The van der Waals surface area contributed by atoms with Crippen LogP contribution in [0.1, 0.15) is 31.0 Å². The van der Waals surface area contributed by atoms with Gasteiger partial charge in [0, 0.05) is 11.1 Å². The van der Waals surface area contributed by atoms with E-state index in [0.29, 0.717) is 21.9 Å². The van der Waals surface area contributed by atoms with Gasteiger partial charge >= 0.3 is 5.69 Å². The second kappa shape index (κ2) is 7.37. The normalized spacial score (nSPS) is 11.5. The molecule has 4 aromatic rings. The standard InChI is InChI=1S/C22H21ClN4O2/c1-14(2)26-13-24-20-19(26)21(28)25(12-16-9-7-15(3)8-10-16)22(29)27(20)18-6-4-5-17(23)11-18/h4-11,13-14H,12H2,1-3H3. The molecule has 0 fully saturated rings. The van der Waals surface area contributed by atoms with Gasteiger partial charge in [-0.25, -0.2) is 14.3 Å². The van der Waals surface area contributed by atoms with Crippen LogP contribution in [0, 0.1) is 6.92 Å². The number of fused-ring (bicyclic) bond motifs is 1. The molecule has 7 heteroatoms. The van der Waals surface area contributed by atoms with Gasteiger partial charge in [-0.2, -0.15) is 0 Å². The first-order valence-electron chi connectivity index (χ1n) is 9.40.